The van der Waals surface area contributed by atoms with Crippen LogP contribution in [0.3, 0.4) is 0 Å². The summed E-state index contributed by atoms with van der Waals surface area (Å²) in [5.41, 5.74) is 10.9. The van der Waals surface area contributed by atoms with Crippen molar-refractivity contribution in [3.63, 3.8) is 0 Å². The maximum absolute atomic E-state index is 14.1. The lowest BCUT2D eigenvalue weighted by Gasteiger charge is -2.60. The fourth-order valence-electron chi connectivity index (χ4n) is 8.27. The Kier molecular flexibility index (Phi) is 5.68. The number of rotatable bonds is 3. The molecule has 3 atom stereocenters. The molecule has 0 saturated carbocycles. The molecule has 1 heterocycles. The van der Waals surface area contributed by atoms with Crippen LogP contribution in [0, 0.1) is 23.2 Å². The fraction of sp³-hybridized carbons (Fsp3) is 0.441. The van der Waals surface area contributed by atoms with Gasteiger partial charge < -0.3 is 0 Å². The molecule has 0 radical (unpaired) electrons. The van der Waals surface area contributed by atoms with Crippen LogP contribution in [0.5, 0.6) is 0 Å². The Morgan fingerprint density at radius 2 is 1.78 bits per heavy atom. The molecule has 2 aromatic rings. The molecule has 0 spiro atoms. The van der Waals surface area contributed by atoms with Gasteiger partial charge in [0.05, 0.1) is 11.0 Å². The Morgan fingerprint density at radius 3 is 2.43 bits per heavy atom. The van der Waals surface area contributed by atoms with Gasteiger partial charge in [0.15, 0.2) is 11.6 Å². The van der Waals surface area contributed by atoms with Crippen molar-refractivity contribution in [2.45, 2.75) is 81.1 Å². The van der Waals surface area contributed by atoms with Crippen LogP contribution < -0.4 is 0 Å². The Balaban J connectivity index is 1.76. The van der Waals surface area contributed by atoms with Gasteiger partial charge in [-0.1, -0.05) is 50.6 Å². The zero-order chi connectivity index (χ0) is 27.1. The van der Waals surface area contributed by atoms with Gasteiger partial charge in [0.25, 0.3) is 0 Å². The number of Topliss-reactive ketones (excluding diaryl/α,β-unsaturated/α-hetero) is 2. The summed E-state index contributed by atoms with van der Waals surface area (Å²) in [7, 11) is 0. The van der Waals surface area contributed by atoms with E-state index >= 15 is 0 Å². The Morgan fingerprint density at radius 1 is 1.08 bits per heavy atom. The van der Waals surface area contributed by atoms with Gasteiger partial charge in [-0.25, -0.2) is 0 Å². The third kappa shape index (κ3) is 3.35. The summed E-state index contributed by atoms with van der Waals surface area (Å²) in [6, 6.07) is 6.70. The lowest BCUT2D eigenvalue weighted by Crippen LogP contribution is -2.56. The van der Waals surface area contributed by atoms with E-state index in [9.17, 15) is 9.59 Å². The molecule has 1 aromatic heterocycles. The monoisotopic (exact) mass is 493 g/mol. The molecular formula is C34H39NO2. The standard InChI is InChI=1S/C34H39NO2/c1-10-24-13-25(17-35-16-24)26-12-11-19(2)28-21(4)30-22(5)34(9)31(37)29(23(6)36)20(3)14-33(34,8)18-32(30,7)15-27(26)28/h11-13,16-17H,4,10,14-15,18H2,1-3,5-9H3. The van der Waals surface area contributed by atoms with Crippen LogP contribution in [0.4, 0.5) is 0 Å². The number of pyridine rings is 1. The van der Waals surface area contributed by atoms with E-state index in [4.69, 9.17) is 0 Å². The van der Waals surface area contributed by atoms with E-state index < -0.39 is 5.41 Å². The molecule has 37 heavy (non-hydrogen) atoms. The van der Waals surface area contributed by atoms with Crippen LogP contribution in [0.15, 0.2) is 59.5 Å². The number of allylic oxidation sites excluding steroid dienone is 5. The van der Waals surface area contributed by atoms with Gasteiger partial charge in [-0.2, -0.15) is 0 Å². The largest absolute Gasteiger partial charge is 0.294 e. The first-order valence-electron chi connectivity index (χ1n) is 13.5. The highest BCUT2D eigenvalue weighted by molar-refractivity contribution is 6.23. The molecular weight excluding hydrogens is 454 g/mol. The number of nitrogens with zero attached hydrogens (tertiary/aromatic N) is 1. The number of fused-ring (bicyclic) bond motifs is 3. The van der Waals surface area contributed by atoms with Crippen LogP contribution in [0.1, 0.15) is 83.6 Å². The van der Waals surface area contributed by atoms with E-state index in [1.54, 1.807) is 0 Å². The first-order chi connectivity index (χ1) is 17.3. The molecule has 3 aliphatic rings. The Labute approximate surface area is 221 Å². The average molecular weight is 494 g/mol. The van der Waals surface area contributed by atoms with E-state index in [1.165, 1.54) is 40.3 Å². The lowest BCUT2D eigenvalue weighted by atomic mass is 9.42. The van der Waals surface area contributed by atoms with Gasteiger partial charge in [0, 0.05) is 18.0 Å². The minimum atomic E-state index is -0.728. The number of hydrogen-bond donors (Lipinski definition) is 0. The number of carbonyl (C=O) groups excluding carboxylic acids is 2. The van der Waals surface area contributed by atoms with Gasteiger partial charge in [-0.15, -0.1) is 0 Å². The summed E-state index contributed by atoms with van der Waals surface area (Å²) in [4.78, 5) is 31.2. The third-order valence-corrected chi connectivity index (χ3v) is 10.0. The Bertz CT molecular complexity index is 1470. The smallest absolute Gasteiger partial charge is 0.176 e. The Hall–Kier alpha value is -3.07. The molecule has 3 nitrogen and oxygen atoms in total. The molecule has 192 valence electrons. The molecule has 0 saturated heterocycles. The number of aryl methyl sites for hydroxylation is 2. The SMILES string of the molecule is C=C1C2=C(C)C3(C)C(=O)C(C(C)=O)=C(C)CC3(C)CC2(C)Cc2c(-c3cncc(CC)c3)ccc(C)c21. The summed E-state index contributed by atoms with van der Waals surface area (Å²) in [5.74, 6) is -0.127. The number of aromatic nitrogens is 1. The van der Waals surface area contributed by atoms with Crippen LogP contribution in [0.2, 0.25) is 0 Å². The van der Waals surface area contributed by atoms with E-state index in [2.05, 4.69) is 71.3 Å². The van der Waals surface area contributed by atoms with Crippen molar-refractivity contribution >= 4 is 17.1 Å². The van der Waals surface area contributed by atoms with Gasteiger partial charge >= 0.3 is 0 Å². The number of carbonyl (C=O) groups is 2. The minimum absolute atomic E-state index is 0.00942. The molecule has 3 aliphatic carbocycles. The molecule has 0 fully saturated rings. The van der Waals surface area contributed by atoms with Crippen molar-refractivity contribution in [3.8, 4) is 11.1 Å². The van der Waals surface area contributed by atoms with Gasteiger partial charge in [0.1, 0.15) is 0 Å². The lowest BCUT2D eigenvalue weighted by molar-refractivity contribution is -0.134. The molecule has 5 rings (SSSR count). The molecule has 0 aliphatic heterocycles. The number of hydrogen-bond acceptors (Lipinski definition) is 3. The van der Waals surface area contributed by atoms with Crippen LogP contribution in [-0.4, -0.2) is 16.6 Å². The summed E-state index contributed by atoms with van der Waals surface area (Å²) in [6.07, 6.45) is 7.39. The van der Waals surface area contributed by atoms with E-state index in [0.29, 0.717) is 5.57 Å². The summed E-state index contributed by atoms with van der Waals surface area (Å²) < 4.78 is 0. The number of ketones is 2. The first kappa shape index (κ1) is 25.6. The summed E-state index contributed by atoms with van der Waals surface area (Å²) >= 11 is 0. The first-order valence-corrected chi connectivity index (χ1v) is 13.5. The zero-order valence-corrected chi connectivity index (χ0v) is 23.7. The molecule has 0 N–H and O–H groups in total. The summed E-state index contributed by atoms with van der Waals surface area (Å²) in [6.45, 7) is 21.4. The minimum Gasteiger partial charge on any atom is -0.294 e. The average Bonchev–Trinajstić information content (AvgIpc) is 2.81. The van der Waals surface area contributed by atoms with Crippen molar-refractivity contribution in [3.05, 3.63) is 81.7 Å². The maximum Gasteiger partial charge on any atom is 0.176 e. The third-order valence-electron chi connectivity index (χ3n) is 10.0. The van der Waals surface area contributed by atoms with Gasteiger partial charge in [0.2, 0.25) is 0 Å². The summed E-state index contributed by atoms with van der Waals surface area (Å²) in [5, 5.41) is 0. The van der Waals surface area contributed by atoms with Crippen LogP contribution in [-0.2, 0) is 22.4 Å². The molecule has 3 unspecified atom stereocenters. The van der Waals surface area contributed by atoms with Crippen molar-refractivity contribution < 1.29 is 9.59 Å². The highest BCUT2D eigenvalue weighted by atomic mass is 16.1. The fourth-order valence-corrected chi connectivity index (χ4v) is 8.27. The topological polar surface area (TPSA) is 47.0 Å². The van der Waals surface area contributed by atoms with Crippen molar-refractivity contribution in [1.29, 1.82) is 0 Å². The van der Waals surface area contributed by atoms with Gasteiger partial charge in [-0.3, -0.25) is 14.6 Å². The zero-order valence-electron chi connectivity index (χ0n) is 23.7. The molecule has 0 amide bonds. The second-order valence-electron chi connectivity index (χ2n) is 12.5. The van der Waals surface area contributed by atoms with Crippen molar-refractivity contribution in [1.82, 2.24) is 4.98 Å². The quantitative estimate of drug-likeness (QED) is 0.410. The second kappa shape index (κ2) is 8.21. The predicted molar refractivity (Wildman–Crippen MR) is 151 cm³/mol. The second-order valence-corrected chi connectivity index (χ2v) is 12.5. The van der Waals surface area contributed by atoms with E-state index in [-0.39, 0.29) is 22.4 Å². The van der Waals surface area contributed by atoms with Crippen molar-refractivity contribution in [2.75, 3.05) is 0 Å². The van der Waals surface area contributed by atoms with E-state index in [0.717, 1.165) is 48.0 Å². The normalized spacial score (nSPS) is 29.2. The molecule has 0 bridgehead atoms. The predicted octanol–water partition coefficient (Wildman–Crippen LogP) is 7.81. The van der Waals surface area contributed by atoms with Crippen molar-refractivity contribution in [2.24, 2.45) is 16.2 Å². The molecule has 1 aromatic carbocycles. The van der Waals surface area contributed by atoms with E-state index in [1.807, 2.05) is 19.3 Å². The van der Waals surface area contributed by atoms with Gasteiger partial charge in [-0.05, 0) is 116 Å². The highest BCUT2D eigenvalue weighted by Gasteiger charge is 2.62. The van der Waals surface area contributed by atoms with Crippen LogP contribution in [0.25, 0.3) is 16.7 Å². The number of benzene rings is 1. The van der Waals surface area contributed by atoms with Crippen LogP contribution >= 0.6 is 0 Å². The maximum atomic E-state index is 14.1. The highest BCUT2D eigenvalue weighted by Crippen LogP contribution is 2.68. The molecule has 3 heteroatoms.